The molecule has 2 aromatic heterocycles. The van der Waals surface area contributed by atoms with Crippen molar-refractivity contribution in [1.29, 1.82) is 0 Å². The van der Waals surface area contributed by atoms with Crippen LogP contribution < -0.4 is 10.5 Å². The minimum atomic E-state index is -4.46. The number of piperazine rings is 1. The van der Waals surface area contributed by atoms with Gasteiger partial charge in [0.2, 0.25) is 0 Å². The summed E-state index contributed by atoms with van der Waals surface area (Å²) in [7, 11) is 2.10. The third-order valence-electron chi connectivity index (χ3n) is 7.38. The predicted molar refractivity (Wildman–Crippen MR) is 143 cm³/mol. The molecule has 1 aromatic carbocycles. The summed E-state index contributed by atoms with van der Waals surface area (Å²) in [5.74, 6) is 0. The maximum Gasteiger partial charge on any atom is 0.417 e. The molecule has 0 bridgehead atoms. The van der Waals surface area contributed by atoms with E-state index in [2.05, 4.69) is 21.8 Å². The van der Waals surface area contributed by atoms with Gasteiger partial charge >= 0.3 is 6.18 Å². The molecule has 5 rings (SSSR count). The quantitative estimate of drug-likeness (QED) is 0.380. The van der Waals surface area contributed by atoms with Gasteiger partial charge in [0.15, 0.2) is 0 Å². The molecule has 37 heavy (non-hydrogen) atoms. The Kier molecular flexibility index (Phi) is 7.81. The maximum absolute atomic E-state index is 13.2. The average Bonchev–Trinajstić information content (AvgIpc) is 3.23. The SMILES string of the molecule is CN1CCc2c(sc3ncn(CCCCCN4CCN(c5ccc(Cl)c(C(F)(F)F)c5)CC4)c(=O)c23)C1. The Balaban J connectivity index is 1.08. The fourth-order valence-corrected chi connectivity index (χ4v) is 6.74. The Morgan fingerprint density at radius 2 is 1.81 bits per heavy atom. The standard InChI is InChI=1S/C26H31ClF3N5OS/c1-32-10-7-19-22(16-32)37-24-23(19)25(36)35(17-31-24)9-4-2-3-8-33-11-13-34(14-12-33)18-5-6-21(27)20(15-18)26(28,29)30/h5-6,15,17H,2-4,7-14,16H2,1H3. The van der Waals surface area contributed by atoms with Crippen LogP contribution in [0.5, 0.6) is 0 Å². The molecule has 3 aromatic rings. The summed E-state index contributed by atoms with van der Waals surface area (Å²) >= 11 is 7.40. The molecule has 6 nitrogen and oxygen atoms in total. The highest BCUT2D eigenvalue weighted by molar-refractivity contribution is 7.18. The molecule has 4 heterocycles. The summed E-state index contributed by atoms with van der Waals surface area (Å²) in [6, 6.07) is 4.14. The minimum Gasteiger partial charge on any atom is -0.369 e. The lowest BCUT2D eigenvalue weighted by atomic mass is 10.1. The maximum atomic E-state index is 13.2. The fourth-order valence-electron chi connectivity index (χ4n) is 5.26. The summed E-state index contributed by atoms with van der Waals surface area (Å²) in [6.07, 6.45) is 1.07. The van der Waals surface area contributed by atoms with Gasteiger partial charge in [-0.05, 0) is 56.6 Å². The minimum absolute atomic E-state index is 0.0825. The summed E-state index contributed by atoms with van der Waals surface area (Å²) in [5.41, 5.74) is 1.05. The highest BCUT2D eigenvalue weighted by Gasteiger charge is 2.34. The first-order valence-electron chi connectivity index (χ1n) is 12.7. The second kappa shape index (κ2) is 10.9. The number of fused-ring (bicyclic) bond motifs is 3. The second-order valence-corrected chi connectivity index (χ2v) is 11.5. The number of unbranched alkanes of at least 4 members (excludes halogenated alkanes) is 2. The molecule has 0 aliphatic carbocycles. The van der Waals surface area contributed by atoms with Crippen LogP contribution in [-0.4, -0.2) is 65.7 Å². The molecule has 200 valence electrons. The first-order valence-corrected chi connectivity index (χ1v) is 13.9. The smallest absolute Gasteiger partial charge is 0.369 e. The molecular weight excluding hydrogens is 523 g/mol. The van der Waals surface area contributed by atoms with E-state index in [0.29, 0.717) is 25.3 Å². The van der Waals surface area contributed by atoms with Crippen molar-refractivity contribution < 1.29 is 13.2 Å². The number of aryl methyl sites for hydroxylation is 1. The number of alkyl halides is 3. The van der Waals surface area contributed by atoms with Crippen molar-refractivity contribution in [3.8, 4) is 0 Å². The van der Waals surface area contributed by atoms with E-state index in [1.807, 2.05) is 4.90 Å². The number of rotatable bonds is 7. The third kappa shape index (κ3) is 5.82. The lowest BCUT2D eigenvalue weighted by molar-refractivity contribution is -0.137. The molecule has 0 unspecified atom stereocenters. The highest BCUT2D eigenvalue weighted by atomic mass is 35.5. The normalized spacial score (nSPS) is 17.5. The summed E-state index contributed by atoms with van der Waals surface area (Å²) in [4.78, 5) is 26.4. The molecule has 2 aliphatic heterocycles. The number of benzene rings is 1. The van der Waals surface area contributed by atoms with E-state index in [9.17, 15) is 18.0 Å². The molecule has 11 heteroatoms. The molecular formula is C26H31ClF3N5OS. The van der Waals surface area contributed by atoms with Gasteiger partial charge in [-0.15, -0.1) is 11.3 Å². The van der Waals surface area contributed by atoms with Crippen LogP contribution in [0, 0.1) is 0 Å². The van der Waals surface area contributed by atoms with Crippen LogP contribution in [0.4, 0.5) is 18.9 Å². The topological polar surface area (TPSA) is 44.6 Å². The number of anilines is 1. The van der Waals surface area contributed by atoms with E-state index in [-0.39, 0.29) is 10.6 Å². The zero-order valence-electron chi connectivity index (χ0n) is 20.9. The number of likely N-dealkylation sites (N-methyl/N-ethyl adjacent to an activating group) is 1. The highest BCUT2D eigenvalue weighted by Crippen LogP contribution is 2.37. The Labute approximate surface area is 223 Å². The number of halogens is 4. The monoisotopic (exact) mass is 553 g/mol. The predicted octanol–water partition coefficient (Wildman–Crippen LogP) is 5.11. The third-order valence-corrected chi connectivity index (χ3v) is 8.84. The van der Waals surface area contributed by atoms with E-state index in [4.69, 9.17) is 11.6 Å². The van der Waals surface area contributed by atoms with Gasteiger partial charge in [0.05, 0.1) is 22.3 Å². The Bertz CT molecular complexity index is 1320. The molecule has 1 saturated heterocycles. The van der Waals surface area contributed by atoms with Gasteiger partial charge in [0.1, 0.15) is 4.83 Å². The zero-order valence-corrected chi connectivity index (χ0v) is 22.4. The molecule has 0 spiro atoms. The number of hydrogen-bond acceptors (Lipinski definition) is 6. The van der Waals surface area contributed by atoms with Crippen molar-refractivity contribution in [3.05, 3.63) is 55.9 Å². The second-order valence-electron chi connectivity index (χ2n) is 9.97. The van der Waals surface area contributed by atoms with Crippen molar-refractivity contribution in [2.45, 2.75) is 44.9 Å². The van der Waals surface area contributed by atoms with E-state index >= 15 is 0 Å². The Hall–Kier alpha value is -2.14. The molecule has 2 aliphatic rings. The number of aromatic nitrogens is 2. The average molecular weight is 554 g/mol. The van der Waals surface area contributed by atoms with Crippen LogP contribution in [0.3, 0.4) is 0 Å². The van der Waals surface area contributed by atoms with Gasteiger partial charge in [-0.3, -0.25) is 14.3 Å². The van der Waals surface area contributed by atoms with Gasteiger partial charge in [0, 0.05) is 56.4 Å². The van der Waals surface area contributed by atoms with E-state index in [0.717, 1.165) is 74.7 Å². The van der Waals surface area contributed by atoms with Crippen LogP contribution in [0.25, 0.3) is 10.2 Å². The Morgan fingerprint density at radius 1 is 1.05 bits per heavy atom. The van der Waals surface area contributed by atoms with Crippen molar-refractivity contribution in [1.82, 2.24) is 19.4 Å². The zero-order chi connectivity index (χ0) is 26.2. The van der Waals surface area contributed by atoms with Gasteiger partial charge in [-0.2, -0.15) is 13.2 Å². The lowest BCUT2D eigenvalue weighted by Crippen LogP contribution is -2.46. The van der Waals surface area contributed by atoms with Crippen LogP contribution in [0.2, 0.25) is 5.02 Å². The van der Waals surface area contributed by atoms with Gasteiger partial charge in [0.25, 0.3) is 5.56 Å². The van der Waals surface area contributed by atoms with Crippen molar-refractivity contribution in [2.24, 2.45) is 0 Å². The van der Waals surface area contributed by atoms with Crippen LogP contribution >= 0.6 is 22.9 Å². The summed E-state index contributed by atoms with van der Waals surface area (Å²) in [5, 5.41) is 0.548. The van der Waals surface area contributed by atoms with Crippen molar-refractivity contribution in [3.63, 3.8) is 0 Å². The van der Waals surface area contributed by atoms with E-state index in [1.54, 1.807) is 28.3 Å². The van der Waals surface area contributed by atoms with E-state index in [1.165, 1.54) is 16.5 Å². The largest absolute Gasteiger partial charge is 0.417 e. The first-order chi connectivity index (χ1) is 17.7. The van der Waals surface area contributed by atoms with Gasteiger partial charge in [-0.1, -0.05) is 18.0 Å². The molecule has 0 amide bonds. The molecule has 0 saturated carbocycles. The number of nitrogens with zero attached hydrogens (tertiary/aromatic N) is 5. The van der Waals surface area contributed by atoms with Crippen LogP contribution in [-0.2, 0) is 25.7 Å². The number of hydrogen-bond donors (Lipinski definition) is 0. The molecule has 0 atom stereocenters. The van der Waals surface area contributed by atoms with Gasteiger partial charge < -0.3 is 9.80 Å². The lowest BCUT2D eigenvalue weighted by Gasteiger charge is -2.36. The fraction of sp³-hybridized carbons (Fsp3) is 0.538. The summed E-state index contributed by atoms with van der Waals surface area (Å²) in [6.45, 7) is 6.44. The molecule has 0 radical (unpaired) electrons. The number of thiophene rings is 1. The summed E-state index contributed by atoms with van der Waals surface area (Å²) < 4.78 is 41.3. The van der Waals surface area contributed by atoms with Crippen molar-refractivity contribution >= 4 is 38.8 Å². The molecule has 0 N–H and O–H groups in total. The van der Waals surface area contributed by atoms with Gasteiger partial charge in [-0.25, -0.2) is 4.98 Å². The first kappa shape index (κ1) is 26.5. The molecule has 1 fully saturated rings. The van der Waals surface area contributed by atoms with Crippen LogP contribution in [0.1, 0.15) is 35.3 Å². The van der Waals surface area contributed by atoms with Crippen molar-refractivity contribution in [2.75, 3.05) is 51.2 Å². The van der Waals surface area contributed by atoms with Crippen LogP contribution in [0.15, 0.2) is 29.3 Å². The van der Waals surface area contributed by atoms with E-state index < -0.39 is 11.7 Å². The Morgan fingerprint density at radius 3 is 2.57 bits per heavy atom.